The summed E-state index contributed by atoms with van der Waals surface area (Å²) < 4.78 is 15.9. The SMILES string of the molecule is CCOC(=O)c1ccc(N2CC(N3CCN(Cc4ccc5c(c4)OCO5)CC3)CC2=O)cc1. The predicted octanol–water partition coefficient (Wildman–Crippen LogP) is 2.52. The maximum atomic E-state index is 12.7. The van der Waals surface area contributed by atoms with Crippen LogP contribution in [-0.4, -0.2) is 73.8 Å². The lowest BCUT2D eigenvalue weighted by Crippen LogP contribution is -2.50. The summed E-state index contributed by atoms with van der Waals surface area (Å²) in [5.74, 6) is 1.43. The fourth-order valence-electron chi connectivity index (χ4n) is 4.76. The Morgan fingerprint density at radius 1 is 1.03 bits per heavy atom. The summed E-state index contributed by atoms with van der Waals surface area (Å²) in [6, 6.07) is 13.5. The average Bonchev–Trinajstić information content (AvgIpc) is 3.46. The third kappa shape index (κ3) is 4.67. The molecule has 0 spiro atoms. The van der Waals surface area contributed by atoms with Gasteiger partial charge in [0.1, 0.15) is 0 Å². The second-order valence-electron chi connectivity index (χ2n) is 8.63. The Balaban J connectivity index is 1.14. The van der Waals surface area contributed by atoms with Gasteiger partial charge in [0, 0.05) is 57.4 Å². The number of hydrogen-bond acceptors (Lipinski definition) is 7. The monoisotopic (exact) mass is 451 g/mol. The van der Waals surface area contributed by atoms with Gasteiger partial charge in [0.2, 0.25) is 12.7 Å². The van der Waals surface area contributed by atoms with Crippen molar-refractivity contribution in [3.05, 3.63) is 53.6 Å². The molecule has 0 N–H and O–H groups in total. The number of hydrogen-bond donors (Lipinski definition) is 0. The molecule has 5 rings (SSSR count). The molecule has 2 aromatic carbocycles. The number of esters is 1. The van der Waals surface area contributed by atoms with E-state index in [1.807, 2.05) is 23.1 Å². The number of amides is 1. The highest BCUT2D eigenvalue weighted by Crippen LogP contribution is 2.33. The maximum absolute atomic E-state index is 12.7. The van der Waals surface area contributed by atoms with Crippen molar-refractivity contribution in [3.8, 4) is 11.5 Å². The minimum absolute atomic E-state index is 0.131. The van der Waals surface area contributed by atoms with Crippen LogP contribution >= 0.6 is 0 Å². The molecule has 174 valence electrons. The van der Waals surface area contributed by atoms with Gasteiger partial charge in [-0.2, -0.15) is 0 Å². The molecule has 0 radical (unpaired) electrons. The standard InChI is InChI=1S/C25H29N3O5/c1-2-31-25(30)19-4-6-20(7-5-19)28-16-21(14-24(28)29)27-11-9-26(10-12-27)15-18-3-8-22-23(13-18)33-17-32-22/h3-8,13,21H,2,9-12,14-17H2,1H3. The molecule has 1 amide bonds. The van der Waals surface area contributed by atoms with E-state index in [4.69, 9.17) is 14.2 Å². The van der Waals surface area contributed by atoms with Gasteiger partial charge in [0.15, 0.2) is 11.5 Å². The van der Waals surface area contributed by atoms with Gasteiger partial charge in [-0.3, -0.25) is 14.6 Å². The number of benzene rings is 2. The first-order valence-electron chi connectivity index (χ1n) is 11.5. The number of ether oxygens (including phenoxy) is 3. The molecule has 33 heavy (non-hydrogen) atoms. The molecule has 0 bridgehead atoms. The molecule has 3 aliphatic rings. The molecule has 8 heteroatoms. The Morgan fingerprint density at radius 2 is 1.79 bits per heavy atom. The molecule has 0 aliphatic carbocycles. The number of fused-ring (bicyclic) bond motifs is 1. The smallest absolute Gasteiger partial charge is 0.338 e. The van der Waals surface area contributed by atoms with Crippen molar-refractivity contribution < 1.29 is 23.8 Å². The second-order valence-corrected chi connectivity index (χ2v) is 8.63. The first-order chi connectivity index (χ1) is 16.1. The molecule has 0 saturated carbocycles. The zero-order valence-electron chi connectivity index (χ0n) is 18.9. The minimum atomic E-state index is -0.340. The van der Waals surface area contributed by atoms with Crippen LogP contribution in [0.15, 0.2) is 42.5 Å². The van der Waals surface area contributed by atoms with Gasteiger partial charge in [-0.25, -0.2) is 4.79 Å². The largest absolute Gasteiger partial charge is 0.462 e. The summed E-state index contributed by atoms with van der Waals surface area (Å²) in [5.41, 5.74) is 2.56. The molecule has 2 saturated heterocycles. The summed E-state index contributed by atoms with van der Waals surface area (Å²) in [4.78, 5) is 31.3. The van der Waals surface area contributed by atoms with E-state index in [0.717, 1.165) is 49.9 Å². The summed E-state index contributed by atoms with van der Waals surface area (Å²) in [6.45, 7) is 7.80. The lowest BCUT2D eigenvalue weighted by Gasteiger charge is -2.37. The highest BCUT2D eigenvalue weighted by Gasteiger charge is 2.35. The normalized spacial score (nSPS) is 20.9. The van der Waals surface area contributed by atoms with E-state index in [0.29, 0.717) is 31.9 Å². The van der Waals surface area contributed by atoms with Gasteiger partial charge >= 0.3 is 5.97 Å². The topological polar surface area (TPSA) is 71.6 Å². The molecule has 2 aromatic rings. The molecular formula is C25H29N3O5. The number of nitrogens with zero attached hydrogens (tertiary/aromatic N) is 3. The van der Waals surface area contributed by atoms with E-state index >= 15 is 0 Å². The van der Waals surface area contributed by atoms with Gasteiger partial charge in [-0.05, 0) is 48.9 Å². The van der Waals surface area contributed by atoms with E-state index in [1.54, 1.807) is 19.1 Å². The summed E-state index contributed by atoms with van der Waals surface area (Å²) in [6.07, 6.45) is 0.530. The number of anilines is 1. The third-order valence-corrected chi connectivity index (χ3v) is 6.56. The Labute approximate surface area is 193 Å². The van der Waals surface area contributed by atoms with Crippen LogP contribution in [0.25, 0.3) is 0 Å². The van der Waals surface area contributed by atoms with Crippen molar-refractivity contribution in [2.24, 2.45) is 0 Å². The van der Waals surface area contributed by atoms with E-state index in [1.165, 1.54) is 5.56 Å². The van der Waals surface area contributed by atoms with Crippen LogP contribution in [0.4, 0.5) is 5.69 Å². The van der Waals surface area contributed by atoms with Crippen LogP contribution in [0, 0.1) is 0 Å². The quantitative estimate of drug-likeness (QED) is 0.625. The van der Waals surface area contributed by atoms with Crippen molar-refractivity contribution in [3.63, 3.8) is 0 Å². The van der Waals surface area contributed by atoms with Gasteiger partial charge in [0.05, 0.1) is 12.2 Å². The molecule has 3 aliphatic heterocycles. The summed E-state index contributed by atoms with van der Waals surface area (Å²) in [5, 5.41) is 0. The number of carbonyl (C=O) groups is 2. The lowest BCUT2D eigenvalue weighted by atomic mass is 10.1. The Bertz CT molecular complexity index is 1020. The van der Waals surface area contributed by atoms with Gasteiger partial charge < -0.3 is 19.1 Å². The molecule has 8 nitrogen and oxygen atoms in total. The van der Waals surface area contributed by atoms with Crippen LogP contribution in [0.2, 0.25) is 0 Å². The molecular weight excluding hydrogens is 422 g/mol. The van der Waals surface area contributed by atoms with Crippen molar-refractivity contribution in [1.29, 1.82) is 0 Å². The zero-order valence-corrected chi connectivity index (χ0v) is 18.9. The van der Waals surface area contributed by atoms with Gasteiger partial charge in [-0.15, -0.1) is 0 Å². The number of carbonyl (C=O) groups excluding carboxylic acids is 2. The minimum Gasteiger partial charge on any atom is -0.462 e. The second kappa shape index (κ2) is 9.41. The third-order valence-electron chi connectivity index (χ3n) is 6.56. The predicted molar refractivity (Wildman–Crippen MR) is 123 cm³/mol. The van der Waals surface area contributed by atoms with Crippen LogP contribution in [0.3, 0.4) is 0 Å². The van der Waals surface area contributed by atoms with Crippen molar-refractivity contribution in [2.45, 2.75) is 25.9 Å². The Kier molecular flexibility index (Phi) is 6.20. The Morgan fingerprint density at radius 3 is 2.55 bits per heavy atom. The lowest BCUT2D eigenvalue weighted by molar-refractivity contribution is -0.117. The molecule has 1 atom stereocenters. The van der Waals surface area contributed by atoms with Crippen LogP contribution in [0.5, 0.6) is 11.5 Å². The van der Waals surface area contributed by atoms with Crippen molar-refractivity contribution in [2.75, 3.05) is 51.0 Å². The summed E-state index contributed by atoms with van der Waals surface area (Å²) in [7, 11) is 0. The fraction of sp³-hybridized carbons (Fsp3) is 0.440. The number of piperazine rings is 1. The Hall–Kier alpha value is -3.10. The molecule has 0 aromatic heterocycles. The van der Waals surface area contributed by atoms with Gasteiger partial charge in [-0.1, -0.05) is 6.07 Å². The van der Waals surface area contributed by atoms with E-state index < -0.39 is 0 Å². The fourth-order valence-corrected chi connectivity index (χ4v) is 4.76. The van der Waals surface area contributed by atoms with Crippen LogP contribution in [0.1, 0.15) is 29.3 Å². The van der Waals surface area contributed by atoms with Crippen molar-refractivity contribution in [1.82, 2.24) is 9.80 Å². The first kappa shape index (κ1) is 21.7. The van der Waals surface area contributed by atoms with E-state index in [9.17, 15) is 9.59 Å². The molecule has 3 heterocycles. The van der Waals surface area contributed by atoms with E-state index in [-0.39, 0.29) is 17.9 Å². The first-order valence-corrected chi connectivity index (χ1v) is 11.5. The van der Waals surface area contributed by atoms with Crippen LogP contribution < -0.4 is 14.4 Å². The maximum Gasteiger partial charge on any atom is 0.338 e. The van der Waals surface area contributed by atoms with Crippen molar-refractivity contribution >= 4 is 17.6 Å². The summed E-state index contributed by atoms with van der Waals surface area (Å²) >= 11 is 0. The van der Waals surface area contributed by atoms with E-state index in [2.05, 4.69) is 21.9 Å². The highest BCUT2D eigenvalue weighted by atomic mass is 16.7. The van der Waals surface area contributed by atoms with Crippen LogP contribution in [-0.2, 0) is 16.1 Å². The van der Waals surface area contributed by atoms with Gasteiger partial charge in [0.25, 0.3) is 0 Å². The number of rotatable bonds is 6. The highest BCUT2D eigenvalue weighted by molar-refractivity contribution is 5.97. The average molecular weight is 452 g/mol. The zero-order chi connectivity index (χ0) is 22.8. The molecule has 1 unspecified atom stereocenters. The molecule has 2 fully saturated rings.